The summed E-state index contributed by atoms with van der Waals surface area (Å²) in [5.74, 6) is 0.938. The summed E-state index contributed by atoms with van der Waals surface area (Å²) in [5, 5.41) is 8.69. The molecule has 3 atom stereocenters. The molecule has 2 N–H and O–H groups in total. The van der Waals surface area contributed by atoms with Crippen LogP contribution in [0.5, 0.6) is 0 Å². The number of halogens is 1. The van der Waals surface area contributed by atoms with E-state index in [0.29, 0.717) is 6.04 Å². The number of fused-ring (bicyclic) bond motifs is 1. The summed E-state index contributed by atoms with van der Waals surface area (Å²) in [6, 6.07) is 4.84. The zero-order chi connectivity index (χ0) is 13.1. The Hall–Kier alpha value is -0.580. The average molecular weight is 315 g/mol. The lowest BCUT2D eigenvalue weighted by Gasteiger charge is -2.24. The number of carbonyl (C=O) groups excluding carboxylic acids is 1. The van der Waals surface area contributed by atoms with Crippen LogP contribution in [0.25, 0.3) is 0 Å². The summed E-state index contributed by atoms with van der Waals surface area (Å²) in [4.78, 5) is 13.5. The third-order valence-corrected chi connectivity index (χ3v) is 5.37. The van der Waals surface area contributed by atoms with Crippen molar-refractivity contribution in [1.29, 1.82) is 0 Å². The van der Waals surface area contributed by atoms with Crippen LogP contribution in [0.2, 0.25) is 0 Å². The van der Waals surface area contributed by atoms with Crippen molar-refractivity contribution in [2.75, 3.05) is 6.54 Å². The first-order chi connectivity index (χ1) is 9.33. The molecule has 0 bridgehead atoms. The molecule has 20 heavy (non-hydrogen) atoms. The first-order valence-electron chi connectivity index (χ1n) is 7.39. The van der Waals surface area contributed by atoms with Gasteiger partial charge in [-0.25, -0.2) is 0 Å². The molecule has 3 rings (SSSR count). The van der Waals surface area contributed by atoms with Crippen LogP contribution in [0.15, 0.2) is 17.5 Å². The Morgan fingerprint density at radius 2 is 2.25 bits per heavy atom. The van der Waals surface area contributed by atoms with Gasteiger partial charge in [-0.1, -0.05) is 18.9 Å². The number of hydrogen-bond donors (Lipinski definition) is 2. The fourth-order valence-corrected chi connectivity index (χ4v) is 4.12. The first kappa shape index (κ1) is 15.8. The van der Waals surface area contributed by atoms with Crippen molar-refractivity contribution in [2.24, 2.45) is 5.92 Å². The Morgan fingerprint density at radius 1 is 1.40 bits per heavy atom. The van der Waals surface area contributed by atoms with Gasteiger partial charge in [0.15, 0.2) is 0 Å². The molecule has 0 radical (unpaired) electrons. The Kier molecular flexibility index (Phi) is 5.87. The van der Waals surface area contributed by atoms with Crippen molar-refractivity contribution < 1.29 is 4.79 Å². The molecule has 0 spiro atoms. The predicted molar refractivity (Wildman–Crippen MR) is 85.6 cm³/mol. The second kappa shape index (κ2) is 7.43. The normalized spacial score (nSPS) is 28.5. The maximum absolute atomic E-state index is 12.1. The summed E-state index contributed by atoms with van der Waals surface area (Å²) >= 11 is 1.76. The lowest BCUT2D eigenvalue weighted by Crippen LogP contribution is -2.43. The molecule has 1 aliphatic heterocycles. The predicted octanol–water partition coefficient (Wildman–Crippen LogP) is 2.75. The Morgan fingerprint density at radius 3 is 3.00 bits per heavy atom. The summed E-state index contributed by atoms with van der Waals surface area (Å²) in [7, 11) is 0. The van der Waals surface area contributed by atoms with Gasteiger partial charge in [0.2, 0.25) is 5.91 Å². The third kappa shape index (κ3) is 3.74. The highest BCUT2D eigenvalue weighted by Crippen LogP contribution is 2.33. The minimum absolute atomic E-state index is 0. The molecule has 0 aromatic carbocycles. The summed E-state index contributed by atoms with van der Waals surface area (Å²) in [6.45, 7) is 0.757. The highest BCUT2D eigenvalue weighted by atomic mass is 35.5. The summed E-state index contributed by atoms with van der Waals surface area (Å²) in [6.07, 6.45) is 7.20. The molecule has 2 fully saturated rings. The number of rotatable bonds is 4. The largest absolute Gasteiger partial charge is 0.354 e. The number of amides is 1. The zero-order valence-electron chi connectivity index (χ0n) is 11.6. The van der Waals surface area contributed by atoms with Crippen LogP contribution < -0.4 is 10.6 Å². The minimum atomic E-state index is 0. The van der Waals surface area contributed by atoms with Gasteiger partial charge in [0.1, 0.15) is 0 Å². The molecule has 112 valence electrons. The summed E-state index contributed by atoms with van der Waals surface area (Å²) in [5.41, 5.74) is 0. The van der Waals surface area contributed by atoms with Crippen molar-refractivity contribution in [3.63, 3.8) is 0 Å². The highest BCUT2D eigenvalue weighted by Gasteiger charge is 2.37. The quantitative estimate of drug-likeness (QED) is 0.897. The van der Waals surface area contributed by atoms with E-state index in [9.17, 15) is 4.79 Å². The van der Waals surface area contributed by atoms with E-state index in [4.69, 9.17) is 0 Å². The van der Waals surface area contributed by atoms with Crippen LogP contribution in [-0.4, -0.2) is 24.5 Å². The molecule has 3 unspecified atom stereocenters. The maximum Gasteiger partial charge on any atom is 0.237 e. The second-order valence-corrected chi connectivity index (χ2v) is 6.76. The monoisotopic (exact) mass is 314 g/mol. The van der Waals surface area contributed by atoms with Gasteiger partial charge in [0, 0.05) is 17.5 Å². The molecule has 1 aromatic heterocycles. The lowest BCUT2D eigenvalue weighted by atomic mass is 9.85. The molecule has 1 aromatic rings. The molecular weight excluding hydrogens is 292 g/mol. The highest BCUT2D eigenvalue weighted by molar-refractivity contribution is 7.09. The van der Waals surface area contributed by atoms with E-state index in [1.54, 1.807) is 11.3 Å². The van der Waals surface area contributed by atoms with E-state index in [0.717, 1.165) is 25.3 Å². The van der Waals surface area contributed by atoms with Gasteiger partial charge in [-0.3, -0.25) is 4.79 Å². The van der Waals surface area contributed by atoms with Crippen LogP contribution in [0, 0.1) is 5.92 Å². The molecule has 1 saturated carbocycles. The van der Waals surface area contributed by atoms with Gasteiger partial charge in [-0.2, -0.15) is 0 Å². The van der Waals surface area contributed by atoms with E-state index < -0.39 is 0 Å². The number of carbonyl (C=O) groups is 1. The van der Waals surface area contributed by atoms with E-state index in [1.165, 1.54) is 30.6 Å². The van der Waals surface area contributed by atoms with Crippen molar-refractivity contribution >= 4 is 29.7 Å². The van der Waals surface area contributed by atoms with Gasteiger partial charge in [-0.05, 0) is 43.0 Å². The molecule has 3 nitrogen and oxygen atoms in total. The van der Waals surface area contributed by atoms with Crippen LogP contribution in [0.1, 0.15) is 37.0 Å². The fourth-order valence-electron chi connectivity index (χ4n) is 3.41. The van der Waals surface area contributed by atoms with Crippen LogP contribution >= 0.6 is 23.7 Å². The number of nitrogens with one attached hydrogen (secondary N) is 2. The van der Waals surface area contributed by atoms with Gasteiger partial charge < -0.3 is 10.6 Å². The molecule has 5 heteroatoms. The lowest BCUT2D eigenvalue weighted by molar-refractivity contribution is -0.122. The average Bonchev–Trinajstić information content (AvgIpc) is 3.07. The number of hydrogen-bond acceptors (Lipinski definition) is 3. The standard InChI is InChI=1S/C15H22N2OS.ClH/c18-15(16-8-7-12-5-3-9-19-12)14-10-11-4-1-2-6-13(11)17-14;/h3,5,9,11,13-14,17H,1-2,4,6-8,10H2,(H,16,18);1H. The minimum Gasteiger partial charge on any atom is -0.354 e. The second-order valence-electron chi connectivity index (χ2n) is 5.73. The third-order valence-electron chi connectivity index (χ3n) is 4.43. The molecular formula is C15H23ClN2OS. The topological polar surface area (TPSA) is 41.1 Å². The Bertz CT molecular complexity index is 410. The van der Waals surface area contributed by atoms with Crippen LogP contribution in [0.3, 0.4) is 0 Å². The Labute approximate surface area is 130 Å². The van der Waals surface area contributed by atoms with Gasteiger partial charge >= 0.3 is 0 Å². The van der Waals surface area contributed by atoms with Gasteiger partial charge in [0.05, 0.1) is 6.04 Å². The Balaban J connectivity index is 0.00000147. The van der Waals surface area contributed by atoms with E-state index >= 15 is 0 Å². The molecule has 1 saturated heterocycles. The first-order valence-corrected chi connectivity index (χ1v) is 8.27. The zero-order valence-corrected chi connectivity index (χ0v) is 13.3. The van der Waals surface area contributed by atoms with Crippen molar-refractivity contribution in [1.82, 2.24) is 10.6 Å². The van der Waals surface area contributed by atoms with E-state index in [-0.39, 0.29) is 24.4 Å². The van der Waals surface area contributed by atoms with Crippen LogP contribution in [-0.2, 0) is 11.2 Å². The van der Waals surface area contributed by atoms with Crippen molar-refractivity contribution in [3.05, 3.63) is 22.4 Å². The SMILES string of the molecule is Cl.O=C(NCCc1cccs1)C1CC2CCCCC2N1. The maximum atomic E-state index is 12.1. The molecule has 2 aliphatic rings. The molecule has 2 heterocycles. The number of thiophene rings is 1. The van der Waals surface area contributed by atoms with Crippen molar-refractivity contribution in [2.45, 2.75) is 50.6 Å². The smallest absolute Gasteiger partial charge is 0.237 e. The van der Waals surface area contributed by atoms with E-state index in [2.05, 4.69) is 28.1 Å². The molecule has 1 aliphatic carbocycles. The van der Waals surface area contributed by atoms with Gasteiger partial charge in [0.25, 0.3) is 0 Å². The van der Waals surface area contributed by atoms with Gasteiger partial charge in [-0.15, -0.1) is 23.7 Å². The fraction of sp³-hybridized carbons (Fsp3) is 0.667. The van der Waals surface area contributed by atoms with Crippen LogP contribution in [0.4, 0.5) is 0 Å². The van der Waals surface area contributed by atoms with E-state index in [1.807, 2.05) is 0 Å². The summed E-state index contributed by atoms with van der Waals surface area (Å²) < 4.78 is 0. The van der Waals surface area contributed by atoms with Crippen molar-refractivity contribution in [3.8, 4) is 0 Å². The molecule has 1 amide bonds.